The van der Waals surface area contributed by atoms with Gasteiger partial charge >= 0.3 is 6.03 Å². The number of aromatic nitrogens is 2. The maximum absolute atomic E-state index is 13.3. The fraction of sp³-hybridized carbons (Fsp3) is 0.300. The minimum absolute atomic E-state index is 0.110. The molecular weight excluding hydrogens is 456 g/mol. The van der Waals surface area contributed by atoms with Gasteiger partial charge in [0.1, 0.15) is 4.60 Å². The van der Waals surface area contributed by atoms with Crippen LogP contribution < -0.4 is 4.90 Å². The standard InChI is InChI=1S/C20H21BrN4O3S/c1-20(2,3)24-12-15-14-10-17(21)25(29(27,28)13-8-6-5-7-9-13)18(14)22-11-16(15)23(4)19(24)26/h5-11H,12H2,1-4H3. The van der Waals surface area contributed by atoms with Crippen LogP contribution in [0.2, 0.25) is 0 Å². The van der Waals surface area contributed by atoms with E-state index < -0.39 is 10.0 Å². The van der Waals surface area contributed by atoms with Gasteiger partial charge in [-0.2, -0.15) is 0 Å². The summed E-state index contributed by atoms with van der Waals surface area (Å²) in [6.07, 6.45) is 1.57. The van der Waals surface area contributed by atoms with Crippen molar-refractivity contribution in [2.75, 3.05) is 11.9 Å². The van der Waals surface area contributed by atoms with Crippen molar-refractivity contribution in [2.24, 2.45) is 0 Å². The molecular formula is C20H21BrN4O3S. The maximum Gasteiger partial charge on any atom is 0.325 e. The lowest BCUT2D eigenvalue weighted by atomic mass is 10.0. The van der Waals surface area contributed by atoms with E-state index in [0.717, 1.165) is 5.56 Å². The number of rotatable bonds is 2. The zero-order valence-electron chi connectivity index (χ0n) is 16.5. The number of nitrogens with zero attached hydrogens (tertiary/aromatic N) is 4. The third-order valence-corrected chi connectivity index (χ3v) is 7.66. The molecule has 0 saturated carbocycles. The molecule has 0 fully saturated rings. The Balaban J connectivity index is 1.96. The lowest BCUT2D eigenvalue weighted by Gasteiger charge is -2.42. The number of urea groups is 1. The molecule has 0 bridgehead atoms. The molecule has 0 atom stereocenters. The second kappa shape index (κ2) is 6.56. The van der Waals surface area contributed by atoms with Gasteiger partial charge in [0.25, 0.3) is 10.0 Å². The molecule has 0 aliphatic carbocycles. The van der Waals surface area contributed by atoms with Gasteiger partial charge in [-0.05, 0) is 54.9 Å². The summed E-state index contributed by atoms with van der Waals surface area (Å²) in [6, 6.07) is 9.89. The monoisotopic (exact) mass is 476 g/mol. The number of carbonyl (C=O) groups excluding carboxylic acids is 1. The number of carbonyl (C=O) groups is 1. The molecule has 3 heterocycles. The van der Waals surface area contributed by atoms with Crippen LogP contribution in [0, 0.1) is 0 Å². The highest BCUT2D eigenvalue weighted by Crippen LogP contribution is 2.38. The molecule has 1 aromatic carbocycles. The number of halogens is 1. The largest absolute Gasteiger partial charge is 0.325 e. The van der Waals surface area contributed by atoms with E-state index in [2.05, 4.69) is 20.9 Å². The van der Waals surface area contributed by atoms with Gasteiger partial charge in [0.2, 0.25) is 0 Å². The molecule has 1 aliphatic rings. The smallest absolute Gasteiger partial charge is 0.315 e. The Bertz CT molecular complexity index is 1230. The molecule has 7 nitrogen and oxygen atoms in total. The van der Waals surface area contributed by atoms with Gasteiger partial charge in [0.15, 0.2) is 5.65 Å². The minimum atomic E-state index is -3.83. The van der Waals surface area contributed by atoms with Crippen molar-refractivity contribution in [3.05, 3.63) is 52.8 Å². The van der Waals surface area contributed by atoms with Gasteiger partial charge in [-0.25, -0.2) is 22.2 Å². The van der Waals surface area contributed by atoms with Crippen LogP contribution in [-0.4, -0.2) is 40.9 Å². The topological polar surface area (TPSA) is 75.5 Å². The van der Waals surface area contributed by atoms with Crippen molar-refractivity contribution < 1.29 is 13.2 Å². The molecule has 2 amide bonds. The highest BCUT2D eigenvalue weighted by atomic mass is 79.9. The van der Waals surface area contributed by atoms with Crippen LogP contribution in [0.4, 0.5) is 10.5 Å². The Kier molecular flexibility index (Phi) is 4.51. The van der Waals surface area contributed by atoms with Gasteiger partial charge in [0, 0.05) is 23.5 Å². The van der Waals surface area contributed by atoms with E-state index in [9.17, 15) is 13.2 Å². The summed E-state index contributed by atoms with van der Waals surface area (Å²) < 4.78 is 28.1. The molecule has 0 saturated heterocycles. The lowest BCUT2D eigenvalue weighted by Crippen LogP contribution is -2.53. The summed E-state index contributed by atoms with van der Waals surface area (Å²) in [5.74, 6) is 0. The van der Waals surface area contributed by atoms with Crippen molar-refractivity contribution in [3.63, 3.8) is 0 Å². The molecule has 0 radical (unpaired) electrons. The van der Waals surface area contributed by atoms with Crippen LogP contribution in [0.25, 0.3) is 11.0 Å². The molecule has 0 unspecified atom stereocenters. The predicted molar refractivity (Wildman–Crippen MR) is 116 cm³/mol. The normalized spacial score (nSPS) is 15.1. The number of pyridine rings is 1. The summed E-state index contributed by atoms with van der Waals surface area (Å²) in [7, 11) is -2.12. The van der Waals surface area contributed by atoms with Gasteiger partial charge < -0.3 is 4.90 Å². The highest BCUT2D eigenvalue weighted by molar-refractivity contribution is 9.10. The predicted octanol–water partition coefficient (Wildman–Crippen LogP) is 4.21. The van der Waals surface area contributed by atoms with E-state index in [1.807, 2.05) is 20.8 Å². The zero-order valence-corrected chi connectivity index (χ0v) is 19.0. The molecule has 0 spiro atoms. The molecule has 9 heteroatoms. The highest BCUT2D eigenvalue weighted by Gasteiger charge is 2.36. The van der Waals surface area contributed by atoms with E-state index in [4.69, 9.17) is 0 Å². The van der Waals surface area contributed by atoms with Gasteiger partial charge in [-0.15, -0.1) is 0 Å². The first-order valence-electron chi connectivity index (χ1n) is 9.08. The number of hydrogen-bond donors (Lipinski definition) is 0. The second-order valence-corrected chi connectivity index (χ2v) is 10.6. The van der Waals surface area contributed by atoms with Gasteiger partial charge in [0.05, 0.1) is 23.3 Å². The molecule has 29 heavy (non-hydrogen) atoms. The number of hydrogen-bond acceptors (Lipinski definition) is 4. The van der Waals surface area contributed by atoms with Crippen molar-refractivity contribution in [2.45, 2.75) is 37.8 Å². The van der Waals surface area contributed by atoms with Crippen LogP contribution in [0.15, 0.2) is 52.1 Å². The Morgan fingerprint density at radius 3 is 2.41 bits per heavy atom. The van der Waals surface area contributed by atoms with Crippen LogP contribution in [0.1, 0.15) is 26.3 Å². The fourth-order valence-corrected chi connectivity index (χ4v) is 5.89. The van der Waals surface area contributed by atoms with Crippen molar-refractivity contribution >= 4 is 48.7 Å². The van der Waals surface area contributed by atoms with E-state index in [1.165, 1.54) is 3.97 Å². The van der Waals surface area contributed by atoms with Crippen molar-refractivity contribution in [1.29, 1.82) is 0 Å². The number of amides is 2. The Labute approximate surface area is 178 Å². The van der Waals surface area contributed by atoms with Crippen LogP contribution in [0.3, 0.4) is 0 Å². The molecule has 3 aromatic rings. The quantitative estimate of drug-likeness (QED) is 0.555. The first kappa shape index (κ1) is 19.9. The summed E-state index contributed by atoms with van der Waals surface area (Å²) in [5.41, 5.74) is 1.50. The van der Waals surface area contributed by atoms with Crippen molar-refractivity contribution in [3.8, 4) is 0 Å². The molecule has 4 rings (SSSR count). The summed E-state index contributed by atoms with van der Waals surface area (Å²) in [5, 5.41) is 0.697. The molecule has 152 valence electrons. The summed E-state index contributed by atoms with van der Waals surface area (Å²) in [4.78, 5) is 20.7. The Hall–Kier alpha value is -2.39. The zero-order chi connectivity index (χ0) is 21.1. The van der Waals surface area contributed by atoms with Gasteiger partial charge in [-0.3, -0.25) is 4.90 Å². The third kappa shape index (κ3) is 3.03. The average Bonchev–Trinajstić information content (AvgIpc) is 3.01. The SMILES string of the molecule is CN1C(=O)N(C(C)(C)C)Cc2c1cnc1c2cc(Br)n1S(=O)(=O)c1ccccc1. The summed E-state index contributed by atoms with van der Waals surface area (Å²) >= 11 is 3.40. The van der Waals surface area contributed by atoms with Crippen LogP contribution >= 0.6 is 15.9 Å². The Morgan fingerprint density at radius 1 is 1.14 bits per heavy atom. The number of benzene rings is 1. The second-order valence-electron chi connectivity index (χ2n) is 8.01. The van der Waals surface area contributed by atoms with E-state index >= 15 is 0 Å². The van der Waals surface area contributed by atoms with E-state index in [-0.39, 0.29) is 16.5 Å². The number of fused-ring (bicyclic) bond motifs is 3. The fourth-order valence-electron chi connectivity index (χ4n) is 3.55. The third-order valence-electron chi connectivity index (χ3n) is 5.12. The van der Waals surface area contributed by atoms with Crippen molar-refractivity contribution in [1.82, 2.24) is 13.9 Å². The minimum Gasteiger partial charge on any atom is -0.315 e. The number of anilines is 1. The maximum atomic E-state index is 13.3. The van der Waals surface area contributed by atoms with E-state index in [0.29, 0.717) is 27.9 Å². The molecule has 0 N–H and O–H groups in total. The molecule has 1 aliphatic heterocycles. The van der Waals surface area contributed by atoms with Crippen LogP contribution in [0.5, 0.6) is 0 Å². The van der Waals surface area contributed by atoms with Gasteiger partial charge in [-0.1, -0.05) is 18.2 Å². The molecule has 2 aromatic heterocycles. The lowest BCUT2D eigenvalue weighted by molar-refractivity contribution is 0.143. The first-order valence-corrected chi connectivity index (χ1v) is 11.3. The summed E-state index contributed by atoms with van der Waals surface area (Å²) in [6.45, 7) is 6.30. The van der Waals surface area contributed by atoms with Crippen LogP contribution in [-0.2, 0) is 16.6 Å². The first-order chi connectivity index (χ1) is 13.5. The van der Waals surface area contributed by atoms with E-state index in [1.54, 1.807) is 59.4 Å². The average molecular weight is 477 g/mol. The Morgan fingerprint density at radius 2 is 1.79 bits per heavy atom.